The van der Waals surface area contributed by atoms with Crippen LogP contribution in [-0.2, 0) is 4.79 Å². The number of hydrogen-bond acceptors (Lipinski definition) is 3. The number of likely N-dealkylation sites (tertiary alicyclic amines) is 2. The molecule has 1 aromatic rings. The third kappa shape index (κ3) is 4.03. The summed E-state index contributed by atoms with van der Waals surface area (Å²) in [5, 5.41) is 2.82. The van der Waals surface area contributed by atoms with Crippen molar-refractivity contribution in [2.24, 2.45) is 5.92 Å². The molecule has 0 aliphatic carbocycles. The fourth-order valence-electron chi connectivity index (χ4n) is 3.85. The second-order valence-electron chi connectivity index (χ2n) is 6.65. The summed E-state index contributed by atoms with van der Waals surface area (Å²) in [7, 11) is 2.21. The highest BCUT2D eigenvalue weighted by atomic mass is 35.5. The largest absolute Gasteiger partial charge is 0.325 e. The number of piperidine rings is 2. The molecule has 0 saturated carbocycles. The Kier molecular flexibility index (Phi) is 5.19. The Bertz CT molecular complexity index is 583. The number of fused-ring (bicyclic) bond motifs is 1. The zero-order chi connectivity index (χ0) is 16.4. The maximum absolute atomic E-state index is 13.1. The Morgan fingerprint density at radius 3 is 3.00 bits per heavy atom. The van der Waals surface area contributed by atoms with Gasteiger partial charge in [-0.05, 0) is 57.0 Å². The van der Waals surface area contributed by atoms with Gasteiger partial charge in [0.1, 0.15) is 5.82 Å². The first-order valence-electron chi connectivity index (χ1n) is 8.20. The molecule has 0 spiro atoms. The van der Waals surface area contributed by atoms with Gasteiger partial charge in [-0.3, -0.25) is 9.69 Å². The van der Waals surface area contributed by atoms with E-state index in [1.54, 1.807) is 0 Å². The zero-order valence-corrected chi connectivity index (χ0v) is 14.2. The Hall–Kier alpha value is -1.17. The van der Waals surface area contributed by atoms with Gasteiger partial charge in [0.05, 0.1) is 11.6 Å². The maximum Gasteiger partial charge on any atom is 0.238 e. The Balaban J connectivity index is 1.53. The van der Waals surface area contributed by atoms with E-state index in [9.17, 15) is 9.18 Å². The van der Waals surface area contributed by atoms with Crippen LogP contribution in [0, 0.1) is 11.7 Å². The SMILES string of the molecule is CN1CCC[C@H]2CN(CC(=O)Nc3ccc(F)c(Cl)c3)CC[C@H]21. The van der Waals surface area contributed by atoms with Crippen LogP contribution in [0.3, 0.4) is 0 Å². The van der Waals surface area contributed by atoms with Crippen molar-refractivity contribution in [3.63, 3.8) is 0 Å². The molecular weight excluding hydrogens is 317 g/mol. The van der Waals surface area contributed by atoms with E-state index >= 15 is 0 Å². The summed E-state index contributed by atoms with van der Waals surface area (Å²) in [4.78, 5) is 16.9. The lowest BCUT2D eigenvalue weighted by molar-refractivity contribution is -0.118. The van der Waals surface area contributed by atoms with E-state index in [0.29, 0.717) is 24.2 Å². The van der Waals surface area contributed by atoms with Crippen LogP contribution in [0.1, 0.15) is 19.3 Å². The molecule has 23 heavy (non-hydrogen) atoms. The first-order chi connectivity index (χ1) is 11.0. The molecule has 1 amide bonds. The van der Waals surface area contributed by atoms with E-state index in [4.69, 9.17) is 11.6 Å². The van der Waals surface area contributed by atoms with Crippen molar-refractivity contribution in [3.05, 3.63) is 29.0 Å². The zero-order valence-electron chi connectivity index (χ0n) is 13.4. The quantitative estimate of drug-likeness (QED) is 0.919. The van der Waals surface area contributed by atoms with Crippen molar-refractivity contribution in [2.45, 2.75) is 25.3 Å². The minimum atomic E-state index is -0.479. The lowest BCUT2D eigenvalue weighted by Crippen LogP contribution is -2.53. The fraction of sp³-hybridized carbons (Fsp3) is 0.588. The molecule has 2 fully saturated rings. The van der Waals surface area contributed by atoms with Crippen molar-refractivity contribution < 1.29 is 9.18 Å². The van der Waals surface area contributed by atoms with Crippen LogP contribution < -0.4 is 5.32 Å². The molecule has 2 atom stereocenters. The topological polar surface area (TPSA) is 35.6 Å². The molecule has 3 rings (SSSR count). The predicted molar refractivity (Wildman–Crippen MR) is 90.2 cm³/mol. The van der Waals surface area contributed by atoms with Gasteiger partial charge >= 0.3 is 0 Å². The number of nitrogens with zero attached hydrogens (tertiary/aromatic N) is 2. The summed E-state index contributed by atoms with van der Waals surface area (Å²) in [6.07, 6.45) is 3.61. The van der Waals surface area contributed by atoms with E-state index in [2.05, 4.69) is 22.2 Å². The summed E-state index contributed by atoms with van der Waals surface area (Å²) >= 11 is 5.74. The first-order valence-corrected chi connectivity index (χ1v) is 8.58. The van der Waals surface area contributed by atoms with Gasteiger partial charge in [-0.25, -0.2) is 4.39 Å². The molecular formula is C17H23ClFN3O. The molecule has 2 aliphatic heterocycles. The molecule has 2 aliphatic rings. The number of hydrogen-bond donors (Lipinski definition) is 1. The normalized spacial score (nSPS) is 25.9. The van der Waals surface area contributed by atoms with Crippen molar-refractivity contribution in [2.75, 3.05) is 38.5 Å². The average molecular weight is 340 g/mol. The van der Waals surface area contributed by atoms with Crippen LogP contribution in [0.4, 0.5) is 10.1 Å². The third-order valence-corrected chi connectivity index (χ3v) is 5.29. The molecule has 4 nitrogen and oxygen atoms in total. The predicted octanol–water partition coefficient (Wildman–Crippen LogP) is 2.83. The number of anilines is 1. The number of halogens is 2. The number of benzene rings is 1. The summed E-state index contributed by atoms with van der Waals surface area (Å²) in [5.74, 6) is 0.110. The summed E-state index contributed by atoms with van der Waals surface area (Å²) < 4.78 is 13.1. The third-order valence-electron chi connectivity index (χ3n) is 5.00. The highest BCUT2D eigenvalue weighted by Crippen LogP contribution is 2.29. The minimum absolute atomic E-state index is 0.0221. The van der Waals surface area contributed by atoms with Crippen molar-refractivity contribution >= 4 is 23.2 Å². The Morgan fingerprint density at radius 1 is 1.39 bits per heavy atom. The van der Waals surface area contributed by atoms with Crippen LogP contribution in [-0.4, -0.2) is 55.0 Å². The molecule has 1 N–H and O–H groups in total. The van der Waals surface area contributed by atoms with Gasteiger partial charge in [-0.2, -0.15) is 0 Å². The van der Waals surface area contributed by atoms with Gasteiger partial charge in [0.25, 0.3) is 0 Å². The Morgan fingerprint density at radius 2 is 2.22 bits per heavy atom. The van der Waals surface area contributed by atoms with E-state index in [1.807, 2.05) is 0 Å². The second-order valence-corrected chi connectivity index (χ2v) is 7.06. The van der Waals surface area contributed by atoms with Crippen molar-refractivity contribution in [3.8, 4) is 0 Å². The smallest absolute Gasteiger partial charge is 0.238 e. The van der Waals surface area contributed by atoms with Gasteiger partial charge in [0.15, 0.2) is 0 Å². The molecule has 1 aromatic carbocycles. The van der Waals surface area contributed by atoms with Gasteiger partial charge in [-0.1, -0.05) is 11.6 Å². The van der Waals surface area contributed by atoms with Crippen LogP contribution in [0.2, 0.25) is 5.02 Å². The number of amides is 1. The fourth-order valence-corrected chi connectivity index (χ4v) is 4.03. The monoisotopic (exact) mass is 339 g/mol. The summed E-state index contributed by atoms with van der Waals surface area (Å²) in [5.41, 5.74) is 0.536. The van der Waals surface area contributed by atoms with E-state index in [1.165, 1.54) is 37.6 Å². The molecule has 2 heterocycles. The van der Waals surface area contributed by atoms with E-state index in [0.717, 1.165) is 19.5 Å². The lowest BCUT2D eigenvalue weighted by atomic mass is 9.84. The van der Waals surface area contributed by atoms with Crippen LogP contribution in [0.5, 0.6) is 0 Å². The molecule has 126 valence electrons. The van der Waals surface area contributed by atoms with Crippen molar-refractivity contribution in [1.82, 2.24) is 9.80 Å². The summed E-state index contributed by atoms with van der Waals surface area (Å²) in [6.45, 7) is 3.49. The highest BCUT2D eigenvalue weighted by molar-refractivity contribution is 6.31. The second kappa shape index (κ2) is 7.16. The van der Waals surface area contributed by atoms with Crippen molar-refractivity contribution in [1.29, 1.82) is 0 Å². The number of carbonyl (C=O) groups excluding carboxylic acids is 1. The number of nitrogens with one attached hydrogen (secondary N) is 1. The highest BCUT2D eigenvalue weighted by Gasteiger charge is 2.34. The van der Waals surface area contributed by atoms with E-state index < -0.39 is 5.82 Å². The molecule has 0 aromatic heterocycles. The van der Waals surface area contributed by atoms with Crippen LogP contribution >= 0.6 is 11.6 Å². The molecule has 6 heteroatoms. The molecule has 2 saturated heterocycles. The Labute approximate surface area is 141 Å². The number of rotatable bonds is 3. The maximum atomic E-state index is 13.1. The molecule has 0 bridgehead atoms. The molecule has 0 unspecified atom stereocenters. The van der Waals surface area contributed by atoms with Gasteiger partial charge < -0.3 is 10.2 Å². The molecule has 0 radical (unpaired) electrons. The standard InChI is InChI=1S/C17H23ClFN3O/c1-21-7-2-3-12-10-22(8-6-16(12)21)11-17(23)20-13-4-5-15(19)14(18)9-13/h4-5,9,12,16H,2-3,6-8,10-11H2,1H3,(H,20,23)/t12-,16+/m0/s1. The lowest BCUT2D eigenvalue weighted by Gasteiger charge is -2.45. The van der Waals surface area contributed by atoms with Gasteiger partial charge in [-0.15, -0.1) is 0 Å². The van der Waals surface area contributed by atoms with E-state index in [-0.39, 0.29) is 10.9 Å². The van der Waals surface area contributed by atoms with Crippen LogP contribution in [0.15, 0.2) is 18.2 Å². The van der Waals surface area contributed by atoms with Gasteiger partial charge in [0.2, 0.25) is 5.91 Å². The number of carbonyl (C=O) groups is 1. The minimum Gasteiger partial charge on any atom is -0.325 e. The average Bonchev–Trinajstić information content (AvgIpc) is 2.51. The van der Waals surface area contributed by atoms with Gasteiger partial charge in [0, 0.05) is 24.8 Å². The summed E-state index contributed by atoms with van der Waals surface area (Å²) in [6, 6.07) is 4.90. The first kappa shape index (κ1) is 16.7. The van der Waals surface area contributed by atoms with Crippen LogP contribution in [0.25, 0.3) is 0 Å².